The van der Waals surface area contributed by atoms with Crippen molar-refractivity contribution in [1.29, 1.82) is 0 Å². The SMILES string of the molecule is Cc1cc(Oc2ccccc2F)cc(F)c1-n1ncc(C(=O)c2cc3cc(OCC(F)F)c(N4CCC(N5CCOCC5)CC4)cc3[nH]2)c1N. The van der Waals surface area contributed by atoms with E-state index in [0.29, 0.717) is 47.0 Å². The predicted octanol–water partition coefficient (Wildman–Crippen LogP) is 6.49. The van der Waals surface area contributed by atoms with E-state index in [9.17, 15) is 18.0 Å². The number of morpholine rings is 1. The van der Waals surface area contributed by atoms with E-state index >= 15 is 4.39 Å². The number of carbonyl (C=O) groups excluding carboxylic acids is 1. The van der Waals surface area contributed by atoms with Gasteiger partial charge in [-0.05, 0) is 61.7 Å². The highest BCUT2D eigenvalue weighted by molar-refractivity contribution is 6.12. The molecule has 3 N–H and O–H groups in total. The molecule has 4 heterocycles. The summed E-state index contributed by atoms with van der Waals surface area (Å²) in [6.45, 7) is 5.52. The number of ketones is 1. The van der Waals surface area contributed by atoms with Gasteiger partial charge in [0.1, 0.15) is 29.6 Å². The molecule has 0 spiro atoms. The summed E-state index contributed by atoms with van der Waals surface area (Å²) in [5.74, 6) is -1.60. The summed E-state index contributed by atoms with van der Waals surface area (Å²) in [4.78, 5) is 21.5. The predicted molar refractivity (Wildman–Crippen MR) is 180 cm³/mol. The van der Waals surface area contributed by atoms with Gasteiger partial charge in [-0.1, -0.05) is 12.1 Å². The monoisotopic (exact) mass is 692 g/mol. The van der Waals surface area contributed by atoms with E-state index in [2.05, 4.69) is 19.9 Å². The van der Waals surface area contributed by atoms with Crippen molar-refractivity contribution in [2.24, 2.45) is 0 Å². The van der Waals surface area contributed by atoms with Gasteiger partial charge in [-0.15, -0.1) is 0 Å². The molecule has 2 aromatic heterocycles. The number of nitrogens with two attached hydrogens (primary N) is 1. The third-order valence-electron chi connectivity index (χ3n) is 9.23. The Bertz CT molecular complexity index is 1990. The fourth-order valence-electron chi connectivity index (χ4n) is 6.74. The van der Waals surface area contributed by atoms with Crippen LogP contribution in [0.1, 0.15) is 34.5 Å². The summed E-state index contributed by atoms with van der Waals surface area (Å²) in [7, 11) is 0. The molecule has 0 saturated carbocycles. The number of nitrogens with zero attached hydrogens (tertiary/aromatic N) is 4. The molecule has 2 saturated heterocycles. The lowest BCUT2D eigenvalue weighted by atomic mass is 10.0. The Morgan fingerprint density at radius 1 is 1.02 bits per heavy atom. The van der Waals surface area contributed by atoms with Crippen molar-refractivity contribution in [1.82, 2.24) is 19.7 Å². The average molecular weight is 693 g/mol. The fourth-order valence-corrected chi connectivity index (χ4v) is 6.74. The van der Waals surface area contributed by atoms with Crippen LogP contribution in [-0.2, 0) is 4.74 Å². The summed E-state index contributed by atoms with van der Waals surface area (Å²) in [5.41, 5.74) is 8.25. The molecule has 0 bridgehead atoms. The number of carbonyl (C=O) groups is 1. The highest BCUT2D eigenvalue weighted by Gasteiger charge is 2.28. The Hall–Kier alpha value is -5.08. The number of aromatic nitrogens is 3. The lowest BCUT2D eigenvalue weighted by molar-refractivity contribution is 0.0114. The average Bonchev–Trinajstić information content (AvgIpc) is 3.71. The maximum Gasteiger partial charge on any atom is 0.272 e. The molecule has 3 aromatic carbocycles. The van der Waals surface area contributed by atoms with Crippen LogP contribution < -0.4 is 20.1 Å². The van der Waals surface area contributed by atoms with E-state index in [1.807, 2.05) is 6.07 Å². The standard InChI is InChI=1S/C36H36F4N6O4/c1-21-14-24(50-31-5-3-2-4-26(31)37)17-27(38)34(21)46-36(41)25(19-42-46)35(47)29-15-22-16-32(49-20-33(39)40)30(18-28(22)43-29)45-8-6-23(7-9-45)44-10-12-48-13-11-44/h2-5,14-19,23,33,43H,6-13,20,41H2,1H3. The number of nitrogen functional groups attached to an aromatic ring is 1. The lowest BCUT2D eigenvalue weighted by Crippen LogP contribution is -2.49. The van der Waals surface area contributed by atoms with Crippen LogP contribution in [0.4, 0.5) is 29.1 Å². The van der Waals surface area contributed by atoms with Crippen molar-refractivity contribution < 1.29 is 36.6 Å². The van der Waals surface area contributed by atoms with Crippen molar-refractivity contribution >= 4 is 28.2 Å². The Morgan fingerprint density at radius 3 is 2.50 bits per heavy atom. The number of hydrogen-bond acceptors (Lipinski definition) is 8. The molecule has 2 aliphatic heterocycles. The number of anilines is 2. The van der Waals surface area contributed by atoms with Crippen LogP contribution in [0, 0.1) is 18.6 Å². The molecule has 7 rings (SSSR count). The van der Waals surface area contributed by atoms with Crippen molar-refractivity contribution in [3.05, 3.63) is 89.2 Å². The van der Waals surface area contributed by atoms with Crippen molar-refractivity contribution in [3.8, 4) is 22.9 Å². The zero-order valence-electron chi connectivity index (χ0n) is 27.3. The highest BCUT2D eigenvalue weighted by Crippen LogP contribution is 2.37. The molecule has 5 aromatic rings. The first-order chi connectivity index (χ1) is 24.2. The van der Waals surface area contributed by atoms with Crippen molar-refractivity contribution in [2.75, 3.05) is 56.6 Å². The molecule has 10 nitrogen and oxygen atoms in total. The third kappa shape index (κ3) is 6.72. The topological polar surface area (TPSA) is 111 Å². The molecule has 262 valence electrons. The number of aromatic amines is 1. The summed E-state index contributed by atoms with van der Waals surface area (Å²) in [6, 6.07) is 13.9. The zero-order valence-corrected chi connectivity index (χ0v) is 27.3. The smallest absolute Gasteiger partial charge is 0.272 e. The molecule has 0 aliphatic carbocycles. The van der Waals surface area contributed by atoms with Crippen molar-refractivity contribution in [2.45, 2.75) is 32.2 Å². The summed E-state index contributed by atoms with van der Waals surface area (Å²) < 4.78 is 73.8. The minimum atomic E-state index is -2.66. The van der Waals surface area contributed by atoms with Crippen LogP contribution in [-0.4, -0.2) is 83.9 Å². The van der Waals surface area contributed by atoms with Crippen molar-refractivity contribution in [3.63, 3.8) is 0 Å². The van der Waals surface area contributed by atoms with Crippen LogP contribution in [0.15, 0.2) is 60.8 Å². The van der Waals surface area contributed by atoms with Gasteiger partial charge in [0.2, 0.25) is 5.78 Å². The Morgan fingerprint density at radius 2 is 1.78 bits per heavy atom. The molecule has 50 heavy (non-hydrogen) atoms. The number of alkyl halides is 2. The van der Waals surface area contributed by atoms with Gasteiger partial charge in [-0.3, -0.25) is 9.69 Å². The van der Waals surface area contributed by atoms with E-state index in [0.717, 1.165) is 49.9 Å². The minimum absolute atomic E-state index is 0.00179. The number of aryl methyl sites for hydroxylation is 1. The Labute approximate surface area is 285 Å². The van der Waals surface area contributed by atoms with Crippen LogP contribution in [0.3, 0.4) is 0 Å². The number of nitrogens with one attached hydrogen (secondary N) is 1. The summed E-state index contributed by atoms with van der Waals surface area (Å²) in [5, 5.41) is 4.80. The van der Waals surface area contributed by atoms with Crippen LogP contribution in [0.5, 0.6) is 17.2 Å². The van der Waals surface area contributed by atoms with Gasteiger partial charge in [0.05, 0.1) is 36.4 Å². The molecule has 0 amide bonds. The van der Waals surface area contributed by atoms with Crippen LogP contribution >= 0.6 is 0 Å². The number of hydrogen-bond donors (Lipinski definition) is 2. The zero-order chi connectivity index (χ0) is 34.9. The number of fused-ring (bicyclic) bond motifs is 1. The molecular formula is C36H36F4N6O4. The lowest BCUT2D eigenvalue weighted by Gasteiger charge is -2.41. The Kier molecular flexibility index (Phi) is 9.38. The number of H-pyrrole nitrogens is 1. The van der Waals surface area contributed by atoms with Gasteiger partial charge < -0.3 is 29.8 Å². The van der Waals surface area contributed by atoms with Gasteiger partial charge in [0.25, 0.3) is 6.43 Å². The second kappa shape index (κ2) is 14.0. The fraction of sp³-hybridized carbons (Fsp3) is 0.333. The minimum Gasteiger partial charge on any atom is -0.485 e. The van der Waals surface area contributed by atoms with Gasteiger partial charge in [-0.25, -0.2) is 22.2 Å². The second-order valence-corrected chi connectivity index (χ2v) is 12.4. The van der Waals surface area contributed by atoms with Gasteiger partial charge in [0.15, 0.2) is 17.4 Å². The maximum atomic E-state index is 15.5. The molecule has 0 unspecified atom stereocenters. The summed E-state index contributed by atoms with van der Waals surface area (Å²) in [6.07, 6.45) is 0.418. The number of rotatable bonds is 10. The Balaban J connectivity index is 1.14. The number of halogens is 4. The molecule has 2 aliphatic rings. The van der Waals surface area contributed by atoms with Crippen LogP contribution in [0.2, 0.25) is 0 Å². The van der Waals surface area contributed by atoms with Crippen LogP contribution in [0.25, 0.3) is 16.6 Å². The second-order valence-electron chi connectivity index (χ2n) is 12.4. The quantitative estimate of drug-likeness (QED) is 0.126. The summed E-state index contributed by atoms with van der Waals surface area (Å²) >= 11 is 0. The first-order valence-corrected chi connectivity index (χ1v) is 16.4. The van der Waals surface area contributed by atoms with E-state index in [4.69, 9.17) is 19.9 Å². The molecule has 0 atom stereocenters. The first kappa shape index (κ1) is 33.4. The van der Waals surface area contributed by atoms with E-state index in [-0.39, 0.29) is 34.3 Å². The normalized spacial score (nSPS) is 16.0. The maximum absolute atomic E-state index is 15.5. The molecular weight excluding hydrogens is 656 g/mol. The number of para-hydroxylation sites is 1. The van der Waals surface area contributed by atoms with E-state index in [1.54, 1.807) is 25.1 Å². The van der Waals surface area contributed by atoms with Gasteiger partial charge >= 0.3 is 0 Å². The number of benzene rings is 3. The molecule has 0 radical (unpaired) electrons. The van der Waals surface area contributed by atoms with E-state index in [1.165, 1.54) is 30.5 Å². The number of piperidine rings is 1. The first-order valence-electron chi connectivity index (χ1n) is 16.4. The van der Waals surface area contributed by atoms with Gasteiger partial charge in [0, 0.05) is 49.2 Å². The molecule has 2 fully saturated rings. The van der Waals surface area contributed by atoms with Gasteiger partial charge in [-0.2, -0.15) is 5.10 Å². The molecule has 14 heteroatoms. The van der Waals surface area contributed by atoms with E-state index < -0.39 is 30.5 Å². The highest BCUT2D eigenvalue weighted by atomic mass is 19.3. The number of ether oxygens (including phenoxy) is 3. The largest absolute Gasteiger partial charge is 0.485 e. The third-order valence-corrected chi connectivity index (χ3v) is 9.23.